The van der Waals surface area contributed by atoms with Crippen LogP contribution in [0.3, 0.4) is 0 Å². The summed E-state index contributed by atoms with van der Waals surface area (Å²) >= 11 is 0. The first-order valence-corrected chi connectivity index (χ1v) is 6.37. The van der Waals surface area contributed by atoms with E-state index < -0.39 is 6.04 Å². The molecule has 98 valence electrons. The van der Waals surface area contributed by atoms with Crippen LogP contribution in [0.15, 0.2) is 0 Å². The number of amides is 2. The minimum atomic E-state index is -0.578. The Morgan fingerprint density at radius 3 is 2.35 bits per heavy atom. The summed E-state index contributed by atoms with van der Waals surface area (Å²) in [7, 11) is 0. The lowest BCUT2D eigenvalue weighted by Crippen LogP contribution is -2.47. The van der Waals surface area contributed by atoms with Gasteiger partial charge < -0.3 is 15.0 Å². The van der Waals surface area contributed by atoms with Crippen LogP contribution in [-0.4, -0.2) is 42.6 Å². The third-order valence-electron chi connectivity index (χ3n) is 2.87. The molecule has 0 saturated carbocycles. The Hall–Kier alpha value is -1.26. The van der Waals surface area contributed by atoms with Crippen molar-refractivity contribution < 1.29 is 14.3 Å². The largest absolute Gasteiger partial charge is 0.464 e. The first-order chi connectivity index (χ1) is 8.15. The number of nitrogens with one attached hydrogen (secondary N) is 1. The van der Waals surface area contributed by atoms with Gasteiger partial charge in [0.05, 0.1) is 6.61 Å². The maximum atomic E-state index is 11.9. The highest BCUT2D eigenvalue weighted by Crippen LogP contribution is 2.09. The van der Waals surface area contributed by atoms with Crippen LogP contribution in [0, 0.1) is 0 Å². The summed E-state index contributed by atoms with van der Waals surface area (Å²) in [6, 6.07) is -0.738. The average Bonchev–Trinajstić information content (AvgIpc) is 2.57. The van der Waals surface area contributed by atoms with Gasteiger partial charge in [0.2, 0.25) is 0 Å². The smallest absolute Gasteiger partial charge is 0.328 e. The van der Waals surface area contributed by atoms with Gasteiger partial charge in [-0.05, 0) is 26.7 Å². The van der Waals surface area contributed by atoms with Gasteiger partial charge in [-0.3, -0.25) is 0 Å². The van der Waals surface area contributed by atoms with Crippen LogP contribution in [0.25, 0.3) is 0 Å². The lowest BCUT2D eigenvalue weighted by Gasteiger charge is -2.22. The molecular formula is C12H22N2O3. The van der Waals surface area contributed by atoms with E-state index in [1.165, 1.54) is 12.8 Å². The fraction of sp³-hybridized carbons (Fsp3) is 0.833. The molecule has 1 unspecified atom stereocenters. The zero-order valence-electron chi connectivity index (χ0n) is 10.7. The maximum absolute atomic E-state index is 11.9. The molecule has 0 aliphatic carbocycles. The Bertz CT molecular complexity index is 260. The Balaban J connectivity index is 2.38. The fourth-order valence-electron chi connectivity index (χ4n) is 1.88. The van der Waals surface area contributed by atoms with E-state index >= 15 is 0 Å². The van der Waals surface area contributed by atoms with E-state index in [0.717, 1.165) is 25.9 Å². The zero-order chi connectivity index (χ0) is 12.7. The molecule has 0 aromatic carbocycles. The van der Waals surface area contributed by atoms with Gasteiger partial charge in [0.15, 0.2) is 0 Å². The van der Waals surface area contributed by atoms with Crippen LogP contribution in [0.2, 0.25) is 0 Å². The maximum Gasteiger partial charge on any atom is 0.328 e. The topological polar surface area (TPSA) is 58.6 Å². The number of ether oxygens (including phenoxy) is 1. The molecule has 0 radical (unpaired) electrons. The molecule has 0 aromatic rings. The third-order valence-corrected chi connectivity index (χ3v) is 2.87. The molecule has 1 aliphatic rings. The minimum absolute atomic E-state index is 0.160. The summed E-state index contributed by atoms with van der Waals surface area (Å²) in [5, 5.41) is 2.67. The van der Waals surface area contributed by atoms with Crippen molar-refractivity contribution in [3.63, 3.8) is 0 Å². The number of nitrogens with zero attached hydrogens (tertiary/aromatic N) is 1. The molecule has 1 N–H and O–H groups in total. The molecule has 0 aromatic heterocycles. The normalized spacial score (nSPS) is 18.1. The minimum Gasteiger partial charge on any atom is -0.464 e. The van der Waals surface area contributed by atoms with Gasteiger partial charge in [-0.1, -0.05) is 12.8 Å². The zero-order valence-corrected chi connectivity index (χ0v) is 10.7. The first kappa shape index (κ1) is 13.8. The van der Waals surface area contributed by atoms with Crippen molar-refractivity contribution in [2.24, 2.45) is 0 Å². The molecule has 1 rings (SSSR count). The van der Waals surface area contributed by atoms with Crippen molar-refractivity contribution >= 4 is 12.0 Å². The van der Waals surface area contributed by atoms with Crippen LogP contribution < -0.4 is 5.32 Å². The molecule has 17 heavy (non-hydrogen) atoms. The van der Waals surface area contributed by atoms with Gasteiger partial charge in [-0.2, -0.15) is 0 Å². The van der Waals surface area contributed by atoms with Gasteiger partial charge >= 0.3 is 12.0 Å². The quantitative estimate of drug-likeness (QED) is 0.763. The van der Waals surface area contributed by atoms with Crippen LogP contribution >= 0.6 is 0 Å². The van der Waals surface area contributed by atoms with E-state index in [1.807, 2.05) is 0 Å². The summed E-state index contributed by atoms with van der Waals surface area (Å²) in [6.07, 6.45) is 4.44. The van der Waals surface area contributed by atoms with Gasteiger partial charge in [-0.25, -0.2) is 9.59 Å². The number of hydrogen-bond acceptors (Lipinski definition) is 3. The predicted octanol–water partition coefficient (Wildman–Crippen LogP) is 1.52. The molecular weight excluding hydrogens is 220 g/mol. The second kappa shape index (κ2) is 7.14. The lowest BCUT2D eigenvalue weighted by molar-refractivity contribution is -0.144. The third kappa shape index (κ3) is 4.63. The van der Waals surface area contributed by atoms with E-state index in [1.54, 1.807) is 18.7 Å². The van der Waals surface area contributed by atoms with Crippen LogP contribution in [-0.2, 0) is 9.53 Å². The SMILES string of the molecule is CCOC(=O)C(C)NC(=O)N1CCCCCC1. The van der Waals surface area contributed by atoms with E-state index in [0.29, 0.717) is 6.61 Å². The Labute approximate surface area is 102 Å². The molecule has 1 aliphatic heterocycles. The summed E-state index contributed by atoms with van der Waals surface area (Å²) in [5.41, 5.74) is 0. The monoisotopic (exact) mass is 242 g/mol. The Kier molecular flexibility index (Phi) is 5.80. The van der Waals surface area contributed by atoms with E-state index in [4.69, 9.17) is 4.74 Å². The molecule has 2 amide bonds. The molecule has 1 fully saturated rings. The molecule has 1 heterocycles. The van der Waals surface area contributed by atoms with Crippen molar-refractivity contribution in [2.45, 2.75) is 45.6 Å². The molecule has 1 atom stereocenters. The highest BCUT2D eigenvalue weighted by atomic mass is 16.5. The molecule has 1 saturated heterocycles. The number of likely N-dealkylation sites (tertiary alicyclic amines) is 1. The van der Waals surface area contributed by atoms with Crippen LogP contribution in [0.1, 0.15) is 39.5 Å². The van der Waals surface area contributed by atoms with Crippen molar-refractivity contribution in [2.75, 3.05) is 19.7 Å². The second-order valence-electron chi connectivity index (χ2n) is 4.32. The lowest BCUT2D eigenvalue weighted by atomic mass is 10.2. The highest BCUT2D eigenvalue weighted by molar-refractivity contribution is 5.83. The van der Waals surface area contributed by atoms with Gasteiger partial charge in [0.25, 0.3) is 0 Å². The molecule has 0 bridgehead atoms. The number of esters is 1. The molecule has 5 heteroatoms. The Morgan fingerprint density at radius 2 is 1.82 bits per heavy atom. The van der Waals surface area contributed by atoms with E-state index in [2.05, 4.69) is 5.32 Å². The van der Waals surface area contributed by atoms with Gasteiger partial charge in [0.1, 0.15) is 6.04 Å². The molecule has 0 spiro atoms. The Morgan fingerprint density at radius 1 is 1.24 bits per heavy atom. The predicted molar refractivity (Wildman–Crippen MR) is 64.7 cm³/mol. The second-order valence-corrected chi connectivity index (χ2v) is 4.32. The standard InChI is InChI=1S/C12H22N2O3/c1-3-17-11(15)10(2)13-12(16)14-8-6-4-5-7-9-14/h10H,3-9H2,1-2H3,(H,13,16). The summed E-state index contributed by atoms with van der Waals surface area (Å²) in [4.78, 5) is 25.0. The molecule has 5 nitrogen and oxygen atoms in total. The highest BCUT2D eigenvalue weighted by Gasteiger charge is 2.21. The van der Waals surface area contributed by atoms with Crippen molar-refractivity contribution in [3.8, 4) is 0 Å². The average molecular weight is 242 g/mol. The van der Waals surface area contributed by atoms with Gasteiger partial charge in [-0.15, -0.1) is 0 Å². The van der Waals surface area contributed by atoms with Crippen molar-refractivity contribution in [1.29, 1.82) is 0 Å². The van der Waals surface area contributed by atoms with E-state index in [9.17, 15) is 9.59 Å². The fourth-order valence-corrected chi connectivity index (χ4v) is 1.88. The first-order valence-electron chi connectivity index (χ1n) is 6.37. The number of carbonyl (C=O) groups excluding carboxylic acids is 2. The van der Waals surface area contributed by atoms with Gasteiger partial charge in [0, 0.05) is 13.1 Å². The summed E-state index contributed by atoms with van der Waals surface area (Å²) in [6.45, 7) is 5.29. The number of hydrogen-bond donors (Lipinski definition) is 1. The van der Waals surface area contributed by atoms with Crippen molar-refractivity contribution in [1.82, 2.24) is 10.2 Å². The number of urea groups is 1. The van der Waals surface area contributed by atoms with Crippen LogP contribution in [0.4, 0.5) is 4.79 Å². The van der Waals surface area contributed by atoms with E-state index in [-0.39, 0.29) is 12.0 Å². The van der Waals surface area contributed by atoms with Crippen LogP contribution in [0.5, 0.6) is 0 Å². The summed E-state index contributed by atoms with van der Waals surface area (Å²) in [5.74, 6) is -0.379. The number of rotatable bonds is 3. The summed E-state index contributed by atoms with van der Waals surface area (Å²) < 4.78 is 4.84. The number of carbonyl (C=O) groups is 2. The van der Waals surface area contributed by atoms with Crippen molar-refractivity contribution in [3.05, 3.63) is 0 Å².